The minimum atomic E-state index is -0.346. The van der Waals surface area contributed by atoms with E-state index in [2.05, 4.69) is 43.1 Å². The Morgan fingerprint density at radius 1 is 1.31 bits per heavy atom. The van der Waals surface area contributed by atoms with Crippen LogP contribution in [0.2, 0.25) is 0 Å². The summed E-state index contributed by atoms with van der Waals surface area (Å²) in [4.78, 5) is 39.2. The number of anilines is 1. The van der Waals surface area contributed by atoms with Crippen molar-refractivity contribution in [3.8, 4) is 0 Å². The number of nitrogens with zero attached hydrogens (tertiary/aromatic N) is 2. The van der Waals surface area contributed by atoms with E-state index in [0.717, 1.165) is 35.8 Å². The van der Waals surface area contributed by atoms with Crippen molar-refractivity contribution < 1.29 is 14.4 Å². The van der Waals surface area contributed by atoms with Crippen molar-refractivity contribution in [2.75, 3.05) is 25.0 Å². The van der Waals surface area contributed by atoms with E-state index in [1.54, 1.807) is 0 Å². The lowest BCUT2D eigenvalue weighted by Crippen LogP contribution is -2.56. The summed E-state index contributed by atoms with van der Waals surface area (Å²) in [6.45, 7) is 9.54. The normalized spacial score (nSPS) is 21.0. The third-order valence-corrected chi connectivity index (χ3v) is 7.53. The quantitative estimate of drug-likeness (QED) is 0.443. The fraction of sp³-hybridized carbons (Fsp3) is 0.615. The molecule has 2 saturated heterocycles. The molecule has 0 spiro atoms. The van der Waals surface area contributed by atoms with Gasteiger partial charge in [-0.1, -0.05) is 39.7 Å². The molecule has 0 aliphatic carbocycles. The van der Waals surface area contributed by atoms with Gasteiger partial charge in [-0.25, -0.2) is 4.79 Å². The van der Waals surface area contributed by atoms with Crippen LogP contribution in [0.5, 0.6) is 0 Å². The molecule has 6 heteroatoms. The molecule has 0 bridgehead atoms. The molecule has 174 valence electrons. The summed E-state index contributed by atoms with van der Waals surface area (Å²) < 4.78 is 0. The van der Waals surface area contributed by atoms with Gasteiger partial charge in [0, 0.05) is 43.2 Å². The summed E-state index contributed by atoms with van der Waals surface area (Å²) in [7, 11) is 1.89. The van der Waals surface area contributed by atoms with Crippen LogP contribution in [0.4, 0.5) is 5.69 Å². The van der Waals surface area contributed by atoms with Gasteiger partial charge in [-0.15, -0.1) is 0 Å². The van der Waals surface area contributed by atoms with Crippen LogP contribution in [-0.4, -0.2) is 48.8 Å². The average molecular weight is 440 g/mol. The van der Waals surface area contributed by atoms with E-state index in [4.69, 9.17) is 0 Å². The predicted octanol–water partition coefficient (Wildman–Crippen LogP) is 3.81. The van der Waals surface area contributed by atoms with Crippen molar-refractivity contribution >= 4 is 29.5 Å². The molecule has 2 aliphatic heterocycles. The van der Waals surface area contributed by atoms with Crippen LogP contribution in [0.15, 0.2) is 18.2 Å². The molecule has 2 atom stereocenters. The minimum Gasteiger partial charge on any atom is -0.370 e. The zero-order valence-corrected chi connectivity index (χ0v) is 19.9. The molecular weight excluding hydrogens is 402 g/mol. The molecule has 0 aromatic heterocycles. The Kier molecular flexibility index (Phi) is 7.91. The van der Waals surface area contributed by atoms with Gasteiger partial charge >= 0.3 is 0 Å². The molecule has 0 saturated carbocycles. The molecule has 3 rings (SSSR count). The Morgan fingerprint density at radius 3 is 2.69 bits per heavy atom. The Hall–Kier alpha value is -2.43. The number of nitrogens with one attached hydrogen (secondary N) is 1. The Labute approximate surface area is 192 Å². The third-order valence-electron chi connectivity index (χ3n) is 7.53. The predicted molar refractivity (Wildman–Crippen MR) is 128 cm³/mol. The highest BCUT2D eigenvalue weighted by molar-refractivity contribution is 6.00. The van der Waals surface area contributed by atoms with Crippen LogP contribution in [0.3, 0.4) is 0 Å². The average Bonchev–Trinajstić information content (AvgIpc) is 2.74. The second-order valence-electron chi connectivity index (χ2n) is 9.79. The molecule has 2 unspecified atom stereocenters. The molecule has 2 amide bonds. The molecule has 32 heavy (non-hydrogen) atoms. The zero-order valence-electron chi connectivity index (χ0n) is 19.9. The Bertz CT molecular complexity index is 884. The lowest BCUT2D eigenvalue weighted by atomic mass is 9.72. The number of amides is 2. The summed E-state index contributed by atoms with van der Waals surface area (Å²) in [6, 6.07) is 5.84. The van der Waals surface area contributed by atoms with E-state index >= 15 is 0 Å². The number of carbonyl (C=O) groups excluding carboxylic acids is 3. The van der Waals surface area contributed by atoms with Crippen LogP contribution in [0.1, 0.15) is 70.4 Å². The van der Waals surface area contributed by atoms with E-state index in [1.165, 1.54) is 31.8 Å². The van der Waals surface area contributed by atoms with Gasteiger partial charge in [-0.3, -0.25) is 19.8 Å². The van der Waals surface area contributed by atoms with E-state index in [0.29, 0.717) is 24.8 Å². The lowest BCUT2D eigenvalue weighted by Gasteiger charge is -2.52. The zero-order chi connectivity index (χ0) is 23.3. The summed E-state index contributed by atoms with van der Waals surface area (Å²) in [5, 5.41) is 2.43. The highest BCUT2D eigenvalue weighted by atomic mass is 16.2. The second kappa shape index (κ2) is 10.5. The maximum Gasteiger partial charge on any atom is 0.243 e. The lowest BCUT2D eigenvalue weighted by molar-refractivity contribution is -0.137. The number of piperidine rings is 1. The van der Waals surface area contributed by atoms with Crippen molar-refractivity contribution in [2.45, 2.75) is 71.9 Å². The van der Waals surface area contributed by atoms with Crippen LogP contribution in [0.25, 0.3) is 6.08 Å². The van der Waals surface area contributed by atoms with Gasteiger partial charge in [0.1, 0.15) is 5.94 Å². The standard InChI is InChI=1S/C26H37N3O3/c1-5-19(3)11-13-26(6-2)17-29(18-26)22-8-7-20(12-14-30)21(15-22)16-28(4)23-9-10-24(31)27-25(23)32/h7-8,12,15,19,23H,5-6,9-11,13,16-18H2,1-4H3,(H,27,31,32). The highest BCUT2D eigenvalue weighted by Crippen LogP contribution is 2.42. The van der Waals surface area contributed by atoms with Crippen LogP contribution < -0.4 is 10.2 Å². The first-order valence-electron chi connectivity index (χ1n) is 11.9. The maximum atomic E-state index is 12.3. The summed E-state index contributed by atoms with van der Waals surface area (Å²) in [6.07, 6.45) is 7.30. The summed E-state index contributed by atoms with van der Waals surface area (Å²) in [5.41, 5.74) is 3.37. The van der Waals surface area contributed by atoms with Crippen molar-refractivity contribution in [1.29, 1.82) is 0 Å². The van der Waals surface area contributed by atoms with Crippen LogP contribution in [0, 0.1) is 11.3 Å². The van der Waals surface area contributed by atoms with Crippen molar-refractivity contribution in [3.05, 3.63) is 29.3 Å². The van der Waals surface area contributed by atoms with Gasteiger partial charge in [0.25, 0.3) is 0 Å². The van der Waals surface area contributed by atoms with E-state index < -0.39 is 0 Å². The van der Waals surface area contributed by atoms with E-state index in [9.17, 15) is 14.4 Å². The molecule has 1 aromatic rings. The topological polar surface area (TPSA) is 69.7 Å². The fourth-order valence-corrected chi connectivity index (χ4v) is 4.87. The summed E-state index contributed by atoms with van der Waals surface area (Å²) in [5.74, 6) is 2.21. The smallest absolute Gasteiger partial charge is 0.243 e. The first-order valence-corrected chi connectivity index (χ1v) is 11.9. The summed E-state index contributed by atoms with van der Waals surface area (Å²) >= 11 is 0. The molecule has 1 N–H and O–H groups in total. The molecule has 0 radical (unpaired) electrons. The number of hydrogen-bond donors (Lipinski definition) is 1. The number of likely N-dealkylation sites (N-methyl/N-ethyl adjacent to an activating group) is 1. The largest absolute Gasteiger partial charge is 0.370 e. The minimum absolute atomic E-state index is 0.211. The van der Waals surface area contributed by atoms with Gasteiger partial charge in [-0.2, -0.15) is 0 Å². The molecule has 2 heterocycles. The van der Waals surface area contributed by atoms with Gasteiger partial charge in [0.2, 0.25) is 11.8 Å². The third kappa shape index (κ3) is 5.48. The molecule has 2 fully saturated rings. The fourth-order valence-electron chi connectivity index (χ4n) is 4.87. The Morgan fingerprint density at radius 2 is 2.06 bits per heavy atom. The van der Waals surface area contributed by atoms with Gasteiger partial charge in [-0.05, 0) is 55.5 Å². The molecule has 6 nitrogen and oxygen atoms in total. The van der Waals surface area contributed by atoms with Crippen molar-refractivity contribution in [3.63, 3.8) is 0 Å². The number of benzene rings is 1. The van der Waals surface area contributed by atoms with E-state index in [-0.39, 0.29) is 17.9 Å². The molecule has 1 aromatic carbocycles. The van der Waals surface area contributed by atoms with Crippen LogP contribution in [-0.2, 0) is 20.9 Å². The number of rotatable bonds is 10. The Balaban J connectivity index is 1.72. The molecule has 2 aliphatic rings. The first kappa shape index (κ1) is 24.2. The number of imide groups is 1. The maximum absolute atomic E-state index is 12.3. The SMILES string of the molecule is CCC(C)CCC1(CC)CN(c2ccc(C=C=O)c(CN(C)C3CCC(=O)NC3=O)c2)C1. The van der Waals surface area contributed by atoms with Gasteiger partial charge < -0.3 is 4.90 Å². The van der Waals surface area contributed by atoms with Gasteiger partial charge in [0.15, 0.2) is 0 Å². The van der Waals surface area contributed by atoms with Gasteiger partial charge in [0.05, 0.1) is 6.04 Å². The van der Waals surface area contributed by atoms with E-state index in [1.807, 2.05) is 24.0 Å². The molecular formula is C26H37N3O3. The second-order valence-corrected chi connectivity index (χ2v) is 9.79. The first-order chi connectivity index (χ1) is 15.3. The van der Waals surface area contributed by atoms with Crippen molar-refractivity contribution in [1.82, 2.24) is 10.2 Å². The van der Waals surface area contributed by atoms with Crippen molar-refractivity contribution in [2.24, 2.45) is 11.3 Å². The number of carbonyl (C=O) groups is 2. The monoisotopic (exact) mass is 439 g/mol. The highest BCUT2D eigenvalue weighted by Gasteiger charge is 2.41. The number of hydrogen-bond acceptors (Lipinski definition) is 5. The van der Waals surface area contributed by atoms with Crippen LogP contribution >= 0.6 is 0 Å².